The van der Waals surface area contributed by atoms with Crippen LogP contribution in [0.2, 0.25) is 0 Å². The molecule has 1 atom stereocenters. The van der Waals surface area contributed by atoms with Crippen molar-refractivity contribution in [1.29, 1.82) is 0 Å². The molecule has 2 aliphatic rings. The van der Waals surface area contributed by atoms with Gasteiger partial charge in [-0.25, -0.2) is 4.79 Å². The van der Waals surface area contributed by atoms with Gasteiger partial charge in [0.25, 0.3) is 0 Å². The summed E-state index contributed by atoms with van der Waals surface area (Å²) in [5, 5.41) is 5.04. The summed E-state index contributed by atoms with van der Waals surface area (Å²) in [6, 6.07) is 4.47. The van der Waals surface area contributed by atoms with E-state index in [1.165, 1.54) is 4.90 Å². The highest BCUT2D eigenvalue weighted by Gasteiger charge is 2.39. The third-order valence-electron chi connectivity index (χ3n) is 3.83. The van der Waals surface area contributed by atoms with Crippen LogP contribution in [0.4, 0.5) is 10.5 Å². The van der Waals surface area contributed by atoms with Crippen LogP contribution in [0.15, 0.2) is 24.8 Å². The molecule has 2 aliphatic heterocycles. The molecular weight excluding hydrogens is 270 g/mol. The van der Waals surface area contributed by atoms with Crippen LogP contribution < -0.4 is 10.6 Å². The Bertz CT molecular complexity index is 681. The number of piperidine rings is 1. The number of rotatable bonds is 1. The van der Waals surface area contributed by atoms with Gasteiger partial charge in [0.1, 0.15) is 6.04 Å². The second kappa shape index (κ2) is 4.73. The van der Waals surface area contributed by atoms with Crippen molar-refractivity contribution in [2.24, 2.45) is 0 Å². The highest BCUT2D eigenvalue weighted by molar-refractivity contribution is 6.08. The van der Waals surface area contributed by atoms with Gasteiger partial charge in [-0.1, -0.05) is 18.7 Å². The lowest BCUT2D eigenvalue weighted by molar-refractivity contribution is -0.135. The van der Waals surface area contributed by atoms with Crippen LogP contribution in [0.1, 0.15) is 24.0 Å². The van der Waals surface area contributed by atoms with Gasteiger partial charge in [0, 0.05) is 17.7 Å². The lowest BCUT2D eigenvalue weighted by Gasteiger charge is -2.38. The standard InChI is InChI=1S/C15H15N3O3/c1-8-4-3-5-10-13(8)9(2)18(15(21)16-10)11-6-7-12(19)17-14(11)20/h3-5,11H,2,6-7H2,1H3,(H,16,21)(H,17,19,20). The van der Waals surface area contributed by atoms with E-state index < -0.39 is 18.0 Å². The summed E-state index contributed by atoms with van der Waals surface area (Å²) in [5.74, 6) is -0.768. The van der Waals surface area contributed by atoms with E-state index >= 15 is 0 Å². The molecule has 0 radical (unpaired) electrons. The molecule has 1 saturated heterocycles. The van der Waals surface area contributed by atoms with E-state index in [1.807, 2.05) is 19.1 Å². The van der Waals surface area contributed by atoms with Crippen molar-refractivity contribution in [2.45, 2.75) is 25.8 Å². The number of hydrogen-bond acceptors (Lipinski definition) is 3. The van der Waals surface area contributed by atoms with Crippen LogP contribution in [-0.2, 0) is 9.59 Å². The summed E-state index contributed by atoms with van der Waals surface area (Å²) in [7, 11) is 0. The van der Waals surface area contributed by atoms with Gasteiger partial charge in [-0.3, -0.25) is 19.8 Å². The van der Waals surface area contributed by atoms with Gasteiger partial charge in [-0.05, 0) is 25.0 Å². The number of nitrogens with one attached hydrogen (secondary N) is 2. The summed E-state index contributed by atoms with van der Waals surface area (Å²) in [6.07, 6.45) is 0.520. The number of urea groups is 1. The SMILES string of the molecule is C=C1c2c(C)cccc2NC(=O)N1C1CCC(=O)NC1=O. The Kier molecular flexibility index (Phi) is 3.01. The molecule has 3 rings (SSSR count). The third-order valence-corrected chi connectivity index (χ3v) is 3.83. The second-order valence-electron chi connectivity index (χ2n) is 5.21. The van der Waals surface area contributed by atoms with Crippen molar-refractivity contribution >= 4 is 29.2 Å². The summed E-state index contributed by atoms with van der Waals surface area (Å²) in [6.45, 7) is 5.90. The summed E-state index contributed by atoms with van der Waals surface area (Å²) in [5.41, 5.74) is 2.96. The van der Waals surface area contributed by atoms with Gasteiger partial charge in [0.2, 0.25) is 11.8 Å². The van der Waals surface area contributed by atoms with Gasteiger partial charge in [-0.15, -0.1) is 0 Å². The molecule has 0 aliphatic carbocycles. The lowest BCUT2D eigenvalue weighted by atomic mass is 9.97. The van der Waals surface area contributed by atoms with E-state index in [-0.39, 0.29) is 12.3 Å². The molecular formula is C15H15N3O3. The first kappa shape index (κ1) is 13.4. The molecule has 1 aromatic rings. The number of benzene rings is 1. The highest BCUT2D eigenvalue weighted by Crippen LogP contribution is 2.35. The van der Waals surface area contributed by atoms with Crippen molar-refractivity contribution < 1.29 is 14.4 Å². The van der Waals surface area contributed by atoms with E-state index in [2.05, 4.69) is 17.2 Å². The lowest BCUT2D eigenvalue weighted by Crippen LogP contribution is -2.55. The van der Waals surface area contributed by atoms with Crippen LogP contribution in [-0.4, -0.2) is 28.8 Å². The molecule has 1 aromatic carbocycles. The maximum absolute atomic E-state index is 12.3. The highest BCUT2D eigenvalue weighted by atomic mass is 16.2. The number of aryl methyl sites for hydroxylation is 1. The van der Waals surface area contributed by atoms with Crippen molar-refractivity contribution in [1.82, 2.24) is 10.2 Å². The largest absolute Gasteiger partial charge is 0.327 e. The van der Waals surface area contributed by atoms with Gasteiger partial charge in [0.05, 0.1) is 5.69 Å². The third kappa shape index (κ3) is 2.08. The summed E-state index contributed by atoms with van der Waals surface area (Å²) in [4.78, 5) is 36.9. The average Bonchev–Trinajstić information content (AvgIpc) is 2.40. The van der Waals surface area contributed by atoms with Crippen LogP contribution in [0.5, 0.6) is 0 Å². The molecule has 0 aromatic heterocycles. The maximum Gasteiger partial charge on any atom is 0.327 e. The molecule has 6 nitrogen and oxygen atoms in total. The van der Waals surface area contributed by atoms with Gasteiger partial charge in [-0.2, -0.15) is 0 Å². The van der Waals surface area contributed by atoms with Crippen molar-refractivity contribution in [2.75, 3.05) is 5.32 Å². The zero-order valence-electron chi connectivity index (χ0n) is 11.6. The Hall–Kier alpha value is -2.63. The molecule has 1 unspecified atom stereocenters. The van der Waals surface area contributed by atoms with Crippen molar-refractivity contribution in [3.8, 4) is 0 Å². The van der Waals surface area contributed by atoms with Gasteiger partial charge >= 0.3 is 6.03 Å². The molecule has 6 heteroatoms. The van der Waals surface area contributed by atoms with E-state index in [9.17, 15) is 14.4 Å². The van der Waals surface area contributed by atoms with Crippen LogP contribution in [0.25, 0.3) is 5.70 Å². The fourth-order valence-corrected chi connectivity index (χ4v) is 2.83. The van der Waals surface area contributed by atoms with E-state index in [4.69, 9.17) is 0 Å². The Morgan fingerprint density at radius 3 is 2.71 bits per heavy atom. The van der Waals surface area contributed by atoms with Crippen LogP contribution in [0, 0.1) is 6.92 Å². The minimum Gasteiger partial charge on any atom is -0.307 e. The fourth-order valence-electron chi connectivity index (χ4n) is 2.83. The first-order chi connectivity index (χ1) is 9.99. The predicted molar refractivity (Wildman–Crippen MR) is 77.2 cm³/mol. The molecule has 108 valence electrons. The zero-order valence-corrected chi connectivity index (χ0v) is 11.6. The Morgan fingerprint density at radius 1 is 1.24 bits per heavy atom. The first-order valence-electron chi connectivity index (χ1n) is 6.72. The van der Waals surface area contributed by atoms with E-state index in [0.717, 1.165) is 11.1 Å². The number of fused-ring (bicyclic) bond motifs is 1. The fraction of sp³-hybridized carbons (Fsp3) is 0.267. The van der Waals surface area contributed by atoms with Gasteiger partial charge < -0.3 is 5.32 Å². The van der Waals surface area contributed by atoms with E-state index in [0.29, 0.717) is 17.8 Å². The molecule has 1 fully saturated rings. The Labute approximate surface area is 121 Å². The number of hydrogen-bond donors (Lipinski definition) is 2. The van der Waals surface area contributed by atoms with Crippen LogP contribution in [0.3, 0.4) is 0 Å². The zero-order chi connectivity index (χ0) is 15.1. The maximum atomic E-state index is 12.3. The average molecular weight is 285 g/mol. The molecule has 2 N–H and O–H groups in total. The number of carbonyl (C=O) groups is 3. The van der Waals surface area contributed by atoms with Gasteiger partial charge in [0.15, 0.2) is 0 Å². The molecule has 4 amide bonds. The van der Waals surface area contributed by atoms with Crippen molar-refractivity contribution in [3.63, 3.8) is 0 Å². The monoisotopic (exact) mass is 285 g/mol. The number of nitrogens with zero attached hydrogens (tertiary/aromatic N) is 1. The van der Waals surface area contributed by atoms with E-state index in [1.54, 1.807) is 6.07 Å². The molecule has 0 spiro atoms. The smallest absolute Gasteiger partial charge is 0.307 e. The number of anilines is 1. The number of imide groups is 1. The molecule has 2 heterocycles. The second-order valence-corrected chi connectivity index (χ2v) is 5.21. The van der Waals surface area contributed by atoms with Crippen molar-refractivity contribution in [3.05, 3.63) is 35.9 Å². The normalized spacial score (nSPS) is 21.8. The number of amides is 4. The molecule has 0 saturated carbocycles. The molecule has 21 heavy (non-hydrogen) atoms. The topological polar surface area (TPSA) is 78.5 Å². The quantitative estimate of drug-likeness (QED) is 0.770. The predicted octanol–water partition coefficient (Wildman–Crippen LogP) is 1.62. The molecule has 0 bridgehead atoms. The minimum absolute atomic E-state index is 0.216. The first-order valence-corrected chi connectivity index (χ1v) is 6.72. The number of carbonyl (C=O) groups excluding carboxylic acids is 3. The Balaban J connectivity index is 1.99. The Morgan fingerprint density at radius 2 is 2.00 bits per heavy atom. The summed E-state index contributed by atoms with van der Waals surface area (Å²) >= 11 is 0. The summed E-state index contributed by atoms with van der Waals surface area (Å²) < 4.78 is 0. The van der Waals surface area contributed by atoms with Crippen LogP contribution >= 0.6 is 0 Å². The minimum atomic E-state index is -0.706.